The Labute approximate surface area is 85.9 Å². The lowest BCUT2D eigenvalue weighted by Gasteiger charge is -2.26. The molecule has 1 aliphatic carbocycles. The van der Waals surface area contributed by atoms with Crippen molar-refractivity contribution in [2.24, 2.45) is 5.92 Å². The van der Waals surface area contributed by atoms with Crippen LogP contribution in [0.25, 0.3) is 0 Å². The Morgan fingerprint density at radius 1 is 1.57 bits per heavy atom. The molecule has 2 N–H and O–H groups in total. The number of nitrogens with one attached hydrogen (secondary N) is 1. The van der Waals surface area contributed by atoms with Crippen LogP contribution in [0, 0.1) is 5.92 Å². The third kappa shape index (κ3) is 3.66. The topological polar surface area (TPSA) is 49.3 Å². The third-order valence-electron chi connectivity index (χ3n) is 3.04. The second-order valence-corrected chi connectivity index (χ2v) is 4.22. The molecular weight excluding hydrogens is 178 g/mol. The molecule has 14 heavy (non-hydrogen) atoms. The Balaban J connectivity index is 2.08. The molecular formula is C11H21NO2. The van der Waals surface area contributed by atoms with Crippen molar-refractivity contribution >= 4 is 5.97 Å². The predicted molar refractivity (Wildman–Crippen MR) is 56.3 cm³/mol. The molecule has 0 aromatic heterocycles. The molecule has 1 saturated carbocycles. The summed E-state index contributed by atoms with van der Waals surface area (Å²) >= 11 is 0. The monoisotopic (exact) mass is 199 g/mol. The Hall–Kier alpha value is -0.570. The van der Waals surface area contributed by atoms with Crippen LogP contribution in [0.2, 0.25) is 0 Å². The number of carboxylic acids is 1. The van der Waals surface area contributed by atoms with E-state index in [9.17, 15) is 4.79 Å². The summed E-state index contributed by atoms with van der Waals surface area (Å²) in [6.45, 7) is 2.88. The summed E-state index contributed by atoms with van der Waals surface area (Å²) < 4.78 is 0. The molecule has 82 valence electrons. The van der Waals surface area contributed by atoms with Crippen molar-refractivity contribution in [2.75, 3.05) is 6.54 Å². The van der Waals surface area contributed by atoms with Gasteiger partial charge >= 0.3 is 5.97 Å². The Kier molecular flexibility index (Phi) is 4.94. The number of hydrogen-bond acceptors (Lipinski definition) is 2. The fourth-order valence-corrected chi connectivity index (χ4v) is 1.84. The van der Waals surface area contributed by atoms with Crippen LogP contribution >= 0.6 is 0 Å². The first-order chi connectivity index (χ1) is 6.74. The number of rotatable bonds is 7. The first kappa shape index (κ1) is 11.5. The average Bonchev–Trinajstić information content (AvgIpc) is 2.06. The molecule has 0 spiro atoms. The van der Waals surface area contributed by atoms with Crippen LogP contribution in [0.15, 0.2) is 0 Å². The molecule has 3 heteroatoms. The standard InChI is InChI=1S/C11H21NO2/c1-2-4-10(11(13)14)12-8-7-9-5-3-6-9/h9-10,12H,2-8H2,1H3,(H,13,14). The minimum Gasteiger partial charge on any atom is -0.480 e. The molecule has 0 aromatic rings. The normalized spacial score (nSPS) is 18.9. The summed E-state index contributed by atoms with van der Waals surface area (Å²) in [6, 6.07) is -0.333. The second-order valence-electron chi connectivity index (χ2n) is 4.22. The van der Waals surface area contributed by atoms with E-state index in [1.165, 1.54) is 19.3 Å². The SMILES string of the molecule is CCCC(NCCC1CCC1)C(=O)O. The van der Waals surface area contributed by atoms with E-state index >= 15 is 0 Å². The van der Waals surface area contributed by atoms with E-state index in [0.29, 0.717) is 0 Å². The quantitative estimate of drug-likeness (QED) is 0.659. The number of aliphatic carboxylic acids is 1. The van der Waals surface area contributed by atoms with Crippen LogP contribution in [0.3, 0.4) is 0 Å². The predicted octanol–water partition coefficient (Wildman–Crippen LogP) is 2.02. The smallest absolute Gasteiger partial charge is 0.320 e. The van der Waals surface area contributed by atoms with Gasteiger partial charge in [-0.2, -0.15) is 0 Å². The van der Waals surface area contributed by atoms with E-state index in [4.69, 9.17) is 5.11 Å². The molecule has 0 saturated heterocycles. The maximum Gasteiger partial charge on any atom is 0.320 e. The minimum absolute atomic E-state index is 0.333. The van der Waals surface area contributed by atoms with Crippen LogP contribution in [-0.4, -0.2) is 23.7 Å². The zero-order chi connectivity index (χ0) is 10.4. The van der Waals surface area contributed by atoms with Gasteiger partial charge in [0.1, 0.15) is 6.04 Å². The van der Waals surface area contributed by atoms with E-state index in [1.807, 2.05) is 6.92 Å². The van der Waals surface area contributed by atoms with Gasteiger partial charge in [-0.15, -0.1) is 0 Å². The highest BCUT2D eigenvalue weighted by molar-refractivity contribution is 5.73. The number of carboxylic acid groups (broad SMARTS) is 1. The third-order valence-corrected chi connectivity index (χ3v) is 3.04. The van der Waals surface area contributed by atoms with Crippen LogP contribution < -0.4 is 5.32 Å². The van der Waals surface area contributed by atoms with Gasteiger partial charge in [0, 0.05) is 0 Å². The molecule has 0 aromatic carbocycles. The van der Waals surface area contributed by atoms with Crippen LogP contribution in [0.5, 0.6) is 0 Å². The van der Waals surface area contributed by atoms with Crippen molar-refractivity contribution in [1.82, 2.24) is 5.32 Å². The second kappa shape index (κ2) is 6.02. The summed E-state index contributed by atoms with van der Waals surface area (Å²) in [7, 11) is 0. The zero-order valence-electron chi connectivity index (χ0n) is 8.96. The van der Waals surface area contributed by atoms with Gasteiger partial charge in [0.2, 0.25) is 0 Å². The van der Waals surface area contributed by atoms with Gasteiger partial charge in [0.25, 0.3) is 0 Å². The summed E-state index contributed by atoms with van der Waals surface area (Å²) in [5.74, 6) is 0.152. The summed E-state index contributed by atoms with van der Waals surface area (Å²) in [5.41, 5.74) is 0. The highest BCUT2D eigenvalue weighted by Crippen LogP contribution is 2.28. The lowest BCUT2D eigenvalue weighted by Crippen LogP contribution is -2.38. The van der Waals surface area contributed by atoms with Crippen LogP contribution in [-0.2, 0) is 4.79 Å². The van der Waals surface area contributed by atoms with Crippen molar-refractivity contribution in [3.8, 4) is 0 Å². The Morgan fingerprint density at radius 3 is 2.71 bits per heavy atom. The summed E-state index contributed by atoms with van der Waals surface area (Å²) in [4.78, 5) is 10.8. The molecule has 0 heterocycles. The van der Waals surface area contributed by atoms with E-state index in [2.05, 4.69) is 5.32 Å². The maximum atomic E-state index is 10.8. The van der Waals surface area contributed by atoms with E-state index in [1.54, 1.807) is 0 Å². The minimum atomic E-state index is -0.708. The van der Waals surface area contributed by atoms with Crippen molar-refractivity contribution in [3.63, 3.8) is 0 Å². The molecule has 0 bridgehead atoms. The zero-order valence-corrected chi connectivity index (χ0v) is 8.96. The highest BCUT2D eigenvalue weighted by Gasteiger charge is 2.19. The van der Waals surface area contributed by atoms with E-state index < -0.39 is 5.97 Å². The van der Waals surface area contributed by atoms with E-state index in [-0.39, 0.29) is 6.04 Å². The van der Waals surface area contributed by atoms with Crippen molar-refractivity contribution in [1.29, 1.82) is 0 Å². The van der Waals surface area contributed by atoms with Crippen molar-refractivity contribution in [2.45, 2.75) is 51.5 Å². The first-order valence-corrected chi connectivity index (χ1v) is 5.70. The van der Waals surface area contributed by atoms with Crippen LogP contribution in [0.1, 0.15) is 45.4 Å². The summed E-state index contributed by atoms with van der Waals surface area (Å²) in [5, 5.41) is 12.0. The molecule has 1 aliphatic rings. The van der Waals surface area contributed by atoms with Gasteiger partial charge in [0.05, 0.1) is 0 Å². The molecule has 1 unspecified atom stereocenters. The van der Waals surface area contributed by atoms with Crippen LogP contribution in [0.4, 0.5) is 0 Å². The largest absolute Gasteiger partial charge is 0.480 e. The molecule has 3 nitrogen and oxygen atoms in total. The maximum absolute atomic E-state index is 10.8. The van der Waals surface area contributed by atoms with Gasteiger partial charge in [-0.1, -0.05) is 32.6 Å². The van der Waals surface area contributed by atoms with Gasteiger partial charge < -0.3 is 10.4 Å². The van der Waals surface area contributed by atoms with E-state index in [0.717, 1.165) is 31.7 Å². The molecule has 1 atom stereocenters. The van der Waals surface area contributed by atoms with Crippen molar-refractivity contribution in [3.05, 3.63) is 0 Å². The molecule has 0 aliphatic heterocycles. The van der Waals surface area contributed by atoms with Gasteiger partial charge in [0.15, 0.2) is 0 Å². The van der Waals surface area contributed by atoms with Gasteiger partial charge in [-0.25, -0.2) is 0 Å². The first-order valence-electron chi connectivity index (χ1n) is 5.70. The molecule has 1 fully saturated rings. The number of hydrogen-bond donors (Lipinski definition) is 2. The summed E-state index contributed by atoms with van der Waals surface area (Å²) in [6.07, 6.45) is 6.85. The van der Waals surface area contributed by atoms with Gasteiger partial charge in [-0.3, -0.25) is 4.79 Å². The fraction of sp³-hybridized carbons (Fsp3) is 0.909. The van der Waals surface area contributed by atoms with Gasteiger partial charge in [-0.05, 0) is 25.3 Å². The fourth-order valence-electron chi connectivity index (χ4n) is 1.84. The lowest BCUT2D eigenvalue weighted by molar-refractivity contribution is -0.139. The molecule has 1 rings (SSSR count). The average molecular weight is 199 g/mol. The molecule has 0 radical (unpaired) electrons. The number of carbonyl (C=O) groups is 1. The Morgan fingerprint density at radius 2 is 2.29 bits per heavy atom. The Bertz CT molecular complexity index is 178. The lowest BCUT2D eigenvalue weighted by atomic mass is 9.83. The molecule has 0 amide bonds. The highest BCUT2D eigenvalue weighted by atomic mass is 16.4. The van der Waals surface area contributed by atoms with Crippen molar-refractivity contribution < 1.29 is 9.90 Å².